The van der Waals surface area contributed by atoms with Gasteiger partial charge in [-0.2, -0.15) is 9.40 Å². The molecule has 0 atom stereocenters. The van der Waals surface area contributed by atoms with Crippen molar-refractivity contribution in [1.29, 1.82) is 0 Å². The molecule has 1 fully saturated rings. The Hall–Kier alpha value is -2.19. The molecule has 2 aromatic rings. The number of aromatic amines is 1. The molecule has 1 aliphatic rings. The lowest BCUT2D eigenvalue weighted by molar-refractivity contribution is -0.115. The Morgan fingerprint density at radius 2 is 1.96 bits per heavy atom. The molecular formula is C18H24N4O3S. The van der Waals surface area contributed by atoms with Crippen LogP contribution in [0.4, 0.5) is 5.69 Å². The maximum Gasteiger partial charge on any atom is 0.243 e. The summed E-state index contributed by atoms with van der Waals surface area (Å²) in [6, 6.07) is 6.45. The number of nitrogens with zero attached hydrogens (tertiary/aromatic N) is 2. The molecule has 0 bridgehead atoms. The fraction of sp³-hybridized carbons (Fsp3) is 0.444. The molecule has 1 amide bonds. The first-order valence-electron chi connectivity index (χ1n) is 8.78. The molecule has 0 radical (unpaired) electrons. The van der Waals surface area contributed by atoms with Gasteiger partial charge in [0.1, 0.15) is 0 Å². The molecular weight excluding hydrogens is 352 g/mol. The number of piperidine rings is 1. The summed E-state index contributed by atoms with van der Waals surface area (Å²) in [5.41, 5.74) is 2.99. The van der Waals surface area contributed by atoms with Crippen LogP contribution < -0.4 is 5.32 Å². The Morgan fingerprint density at radius 3 is 2.62 bits per heavy atom. The van der Waals surface area contributed by atoms with Crippen LogP contribution in [-0.4, -0.2) is 41.9 Å². The van der Waals surface area contributed by atoms with E-state index in [0.717, 1.165) is 36.2 Å². The normalized spacial score (nSPS) is 15.8. The van der Waals surface area contributed by atoms with E-state index in [0.29, 0.717) is 18.8 Å². The summed E-state index contributed by atoms with van der Waals surface area (Å²) in [5, 5.41) is 9.73. The minimum atomic E-state index is -3.52. The van der Waals surface area contributed by atoms with Crippen molar-refractivity contribution < 1.29 is 13.2 Å². The Kier molecular flexibility index (Phi) is 5.43. The minimum Gasteiger partial charge on any atom is -0.326 e. The Balaban J connectivity index is 1.74. The largest absolute Gasteiger partial charge is 0.326 e. The lowest BCUT2D eigenvalue weighted by Gasteiger charge is -2.26. The molecule has 0 unspecified atom stereocenters. The van der Waals surface area contributed by atoms with Gasteiger partial charge in [-0.25, -0.2) is 8.42 Å². The van der Waals surface area contributed by atoms with Crippen LogP contribution in [0.2, 0.25) is 0 Å². The van der Waals surface area contributed by atoms with Gasteiger partial charge >= 0.3 is 0 Å². The van der Waals surface area contributed by atoms with Crippen molar-refractivity contribution >= 4 is 21.6 Å². The van der Waals surface area contributed by atoms with Gasteiger partial charge in [0.15, 0.2) is 0 Å². The zero-order valence-corrected chi connectivity index (χ0v) is 15.9. The quantitative estimate of drug-likeness (QED) is 0.837. The van der Waals surface area contributed by atoms with Crippen molar-refractivity contribution in [2.45, 2.75) is 44.4 Å². The summed E-state index contributed by atoms with van der Waals surface area (Å²) in [6.45, 7) is 4.82. The zero-order chi connectivity index (χ0) is 18.7. The highest BCUT2D eigenvalue weighted by Crippen LogP contribution is 2.23. The number of carbonyl (C=O) groups excluding carboxylic acids is 1. The molecule has 2 N–H and O–H groups in total. The van der Waals surface area contributed by atoms with Crippen molar-refractivity contribution in [2.24, 2.45) is 0 Å². The monoisotopic (exact) mass is 376 g/mol. The third-order valence-electron chi connectivity index (χ3n) is 4.69. The molecule has 1 aliphatic heterocycles. The smallest absolute Gasteiger partial charge is 0.243 e. The van der Waals surface area contributed by atoms with Crippen LogP contribution >= 0.6 is 0 Å². The van der Waals surface area contributed by atoms with Crippen molar-refractivity contribution in [3.05, 3.63) is 41.2 Å². The van der Waals surface area contributed by atoms with Crippen molar-refractivity contribution in [2.75, 3.05) is 18.4 Å². The fourth-order valence-electron chi connectivity index (χ4n) is 3.19. The zero-order valence-electron chi connectivity index (χ0n) is 15.1. The second kappa shape index (κ2) is 7.59. The summed E-state index contributed by atoms with van der Waals surface area (Å²) < 4.78 is 27.1. The van der Waals surface area contributed by atoms with Crippen molar-refractivity contribution in [1.82, 2.24) is 14.5 Å². The van der Waals surface area contributed by atoms with E-state index < -0.39 is 10.0 Å². The molecule has 26 heavy (non-hydrogen) atoms. The van der Waals surface area contributed by atoms with E-state index in [1.54, 1.807) is 18.2 Å². The lowest BCUT2D eigenvalue weighted by Crippen LogP contribution is -2.35. The SMILES string of the molecule is Cc1n[nH]c(C)c1CC(=O)Nc1cccc(S(=O)(=O)N2CCCCC2)c1. The van der Waals surface area contributed by atoms with Gasteiger partial charge < -0.3 is 5.32 Å². The van der Waals surface area contributed by atoms with E-state index in [2.05, 4.69) is 15.5 Å². The van der Waals surface area contributed by atoms with E-state index in [4.69, 9.17) is 0 Å². The first-order chi connectivity index (χ1) is 12.4. The van der Waals surface area contributed by atoms with E-state index in [9.17, 15) is 13.2 Å². The number of benzene rings is 1. The highest BCUT2D eigenvalue weighted by molar-refractivity contribution is 7.89. The van der Waals surface area contributed by atoms with Gasteiger partial charge in [0.05, 0.1) is 17.0 Å². The molecule has 140 valence electrons. The standard InChI is InChI=1S/C18H24N4O3S/c1-13-17(14(2)21-20-13)12-18(23)19-15-7-6-8-16(11-15)26(24,25)22-9-4-3-5-10-22/h6-8,11H,3-5,9-10,12H2,1-2H3,(H,19,23)(H,20,21). The number of nitrogens with one attached hydrogen (secondary N) is 2. The number of sulfonamides is 1. The topological polar surface area (TPSA) is 95.2 Å². The summed E-state index contributed by atoms with van der Waals surface area (Å²) in [7, 11) is -3.52. The predicted octanol–water partition coefficient (Wildman–Crippen LogP) is 2.38. The second-order valence-electron chi connectivity index (χ2n) is 6.63. The van der Waals surface area contributed by atoms with Gasteiger partial charge in [-0.3, -0.25) is 9.89 Å². The average Bonchev–Trinajstić information content (AvgIpc) is 2.94. The minimum absolute atomic E-state index is 0.192. The number of H-pyrrole nitrogens is 1. The molecule has 0 spiro atoms. The van der Waals surface area contributed by atoms with Crippen LogP contribution in [0.25, 0.3) is 0 Å². The maximum absolute atomic E-state index is 12.8. The van der Waals surface area contributed by atoms with Crippen LogP contribution in [0.3, 0.4) is 0 Å². The van der Waals surface area contributed by atoms with Gasteiger partial charge in [0.25, 0.3) is 0 Å². The number of aryl methyl sites for hydroxylation is 2. The maximum atomic E-state index is 12.8. The molecule has 7 nitrogen and oxygen atoms in total. The molecule has 0 aliphatic carbocycles. The fourth-order valence-corrected chi connectivity index (χ4v) is 4.75. The summed E-state index contributed by atoms with van der Waals surface area (Å²) >= 11 is 0. The molecule has 1 saturated heterocycles. The Bertz CT molecular complexity index is 879. The number of aromatic nitrogens is 2. The van der Waals surface area contributed by atoms with Crippen LogP contribution in [-0.2, 0) is 21.2 Å². The predicted molar refractivity (Wildman–Crippen MR) is 99.4 cm³/mol. The van der Waals surface area contributed by atoms with E-state index in [1.165, 1.54) is 10.4 Å². The molecule has 0 saturated carbocycles. The number of amides is 1. The number of anilines is 1. The van der Waals surface area contributed by atoms with Gasteiger partial charge in [-0.05, 0) is 44.9 Å². The molecule has 1 aromatic carbocycles. The van der Waals surface area contributed by atoms with E-state index in [-0.39, 0.29) is 17.2 Å². The highest BCUT2D eigenvalue weighted by atomic mass is 32.2. The molecule has 3 rings (SSSR count). The average molecular weight is 376 g/mol. The Morgan fingerprint density at radius 1 is 1.23 bits per heavy atom. The summed E-state index contributed by atoms with van der Waals surface area (Å²) in [6.07, 6.45) is 3.03. The summed E-state index contributed by atoms with van der Waals surface area (Å²) in [5.74, 6) is -0.204. The second-order valence-corrected chi connectivity index (χ2v) is 8.57. The Labute approximate surface area is 153 Å². The molecule has 2 heterocycles. The first-order valence-corrected chi connectivity index (χ1v) is 10.2. The molecule has 1 aromatic heterocycles. The number of hydrogen-bond acceptors (Lipinski definition) is 4. The third-order valence-corrected chi connectivity index (χ3v) is 6.58. The van der Waals surface area contributed by atoms with E-state index >= 15 is 0 Å². The number of rotatable bonds is 5. The first kappa shape index (κ1) is 18.6. The van der Waals surface area contributed by atoms with Gasteiger partial charge in [0, 0.05) is 30.0 Å². The number of hydrogen-bond donors (Lipinski definition) is 2. The van der Waals surface area contributed by atoms with Gasteiger partial charge in [0.2, 0.25) is 15.9 Å². The van der Waals surface area contributed by atoms with Crippen molar-refractivity contribution in [3.8, 4) is 0 Å². The lowest BCUT2D eigenvalue weighted by atomic mass is 10.1. The van der Waals surface area contributed by atoms with Crippen LogP contribution in [0.5, 0.6) is 0 Å². The third kappa shape index (κ3) is 3.96. The highest BCUT2D eigenvalue weighted by Gasteiger charge is 2.26. The molecule has 8 heteroatoms. The van der Waals surface area contributed by atoms with Crippen LogP contribution in [0, 0.1) is 13.8 Å². The van der Waals surface area contributed by atoms with Gasteiger partial charge in [-0.15, -0.1) is 0 Å². The van der Waals surface area contributed by atoms with Gasteiger partial charge in [-0.1, -0.05) is 12.5 Å². The van der Waals surface area contributed by atoms with Crippen LogP contribution in [0.1, 0.15) is 36.2 Å². The van der Waals surface area contributed by atoms with Crippen molar-refractivity contribution in [3.63, 3.8) is 0 Å². The van der Waals surface area contributed by atoms with Crippen LogP contribution in [0.15, 0.2) is 29.2 Å². The van der Waals surface area contributed by atoms with E-state index in [1.807, 2.05) is 13.8 Å². The number of carbonyl (C=O) groups is 1. The summed E-state index contributed by atoms with van der Waals surface area (Å²) in [4.78, 5) is 12.5.